The van der Waals surface area contributed by atoms with Crippen molar-refractivity contribution in [1.82, 2.24) is 5.32 Å². The van der Waals surface area contributed by atoms with E-state index in [0.29, 0.717) is 5.92 Å². The van der Waals surface area contributed by atoms with Crippen molar-refractivity contribution in [2.45, 2.75) is 56.7 Å². The Hall–Kier alpha value is -1.03. The zero-order valence-electron chi connectivity index (χ0n) is 11.8. The van der Waals surface area contributed by atoms with Crippen LogP contribution in [-0.2, 0) is 6.42 Å². The lowest BCUT2D eigenvalue weighted by molar-refractivity contribution is -0.136. The number of fused-ring (bicyclic) bond motifs is 1. The van der Waals surface area contributed by atoms with Crippen LogP contribution in [0.15, 0.2) is 24.3 Å². The smallest absolute Gasteiger partial charge is 0.317 e. The van der Waals surface area contributed by atoms with E-state index in [4.69, 9.17) is 0 Å². The summed E-state index contributed by atoms with van der Waals surface area (Å²) in [5.74, 6) is 0.394. The molecule has 0 fully saturated rings. The molecule has 0 radical (unpaired) electrons. The number of hydrogen-bond donors (Lipinski definition) is 1. The van der Waals surface area contributed by atoms with Gasteiger partial charge in [-0.25, -0.2) is 0 Å². The summed E-state index contributed by atoms with van der Waals surface area (Å²) < 4.78 is 37.0. The monoisotopic (exact) mass is 285 g/mol. The molecule has 1 N–H and O–H groups in total. The van der Waals surface area contributed by atoms with Crippen LogP contribution in [0.4, 0.5) is 13.2 Å². The van der Waals surface area contributed by atoms with Gasteiger partial charge in [0.2, 0.25) is 0 Å². The average Bonchev–Trinajstić information content (AvgIpc) is 2.42. The van der Waals surface area contributed by atoms with Gasteiger partial charge in [-0.05, 0) is 56.2 Å². The molecule has 1 aliphatic carbocycles. The Bertz CT molecular complexity index is 428. The van der Waals surface area contributed by atoms with Gasteiger partial charge in [0.15, 0.2) is 0 Å². The van der Waals surface area contributed by atoms with Crippen molar-refractivity contribution in [2.75, 3.05) is 7.05 Å². The molecule has 0 heterocycles. The van der Waals surface area contributed by atoms with Crippen LogP contribution in [0.3, 0.4) is 0 Å². The van der Waals surface area contributed by atoms with Gasteiger partial charge in [0.1, 0.15) is 0 Å². The van der Waals surface area contributed by atoms with Crippen LogP contribution in [0, 0.1) is 0 Å². The maximum absolute atomic E-state index is 12.3. The van der Waals surface area contributed by atoms with Gasteiger partial charge in [0.25, 0.3) is 0 Å². The first-order valence-corrected chi connectivity index (χ1v) is 7.31. The van der Waals surface area contributed by atoms with Crippen molar-refractivity contribution >= 4 is 0 Å². The fraction of sp³-hybridized carbons (Fsp3) is 0.625. The molecule has 1 nitrogen and oxygen atoms in total. The lowest BCUT2D eigenvalue weighted by Gasteiger charge is -2.29. The molecule has 0 aliphatic heterocycles. The molecule has 0 saturated heterocycles. The second-order valence-corrected chi connectivity index (χ2v) is 5.66. The van der Waals surface area contributed by atoms with Crippen LogP contribution in [0.25, 0.3) is 0 Å². The Kier molecular flexibility index (Phi) is 5.08. The molecule has 0 bridgehead atoms. The van der Waals surface area contributed by atoms with Crippen LogP contribution < -0.4 is 5.32 Å². The van der Waals surface area contributed by atoms with Gasteiger partial charge in [0, 0.05) is 12.5 Å². The topological polar surface area (TPSA) is 12.0 Å². The molecule has 2 atom stereocenters. The summed E-state index contributed by atoms with van der Waals surface area (Å²) in [6, 6.07) is 8.29. The van der Waals surface area contributed by atoms with Gasteiger partial charge < -0.3 is 5.32 Å². The summed E-state index contributed by atoms with van der Waals surface area (Å²) in [6.45, 7) is 0. The standard InChI is InChI=1S/C16H22F3N/c1-20-14(9-10-16(17,18)19)11-13-7-4-6-12-5-2-3-8-15(12)13/h2-3,5,8,13-14,20H,4,6-7,9-11H2,1H3. The van der Waals surface area contributed by atoms with Gasteiger partial charge in [-0.1, -0.05) is 24.3 Å². The maximum atomic E-state index is 12.3. The van der Waals surface area contributed by atoms with Crippen molar-refractivity contribution in [3.8, 4) is 0 Å². The molecular formula is C16H22F3N. The summed E-state index contributed by atoms with van der Waals surface area (Å²) in [7, 11) is 1.76. The largest absolute Gasteiger partial charge is 0.389 e. The Morgan fingerprint density at radius 1 is 1.30 bits per heavy atom. The van der Waals surface area contributed by atoms with Crippen molar-refractivity contribution in [1.29, 1.82) is 0 Å². The Balaban J connectivity index is 1.98. The van der Waals surface area contributed by atoms with Gasteiger partial charge in [-0.3, -0.25) is 0 Å². The van der Waals surface area contributed by atoms with Crippen LogP contribution in [0.5, 0.6) is 0 Å². The molecule has 1 aliphatic rings. The zero-order chi connectivity index (χ0) is 14.6. The van der Waals surface area contributed by atoms with E-state index in [1.165, 1.54) is 11.1 Å². The predicted octanol–water partition coefficient (Wildman–Crippen LogP) is 4.43. The first kappa shape index (κ1) is 15.4. The third-order valence-corrected chi connectivity index (χ3v) is 4.25. The molecule has 4 heteroatoms. The number of nitrogens with one attached hydrogen (secondary N) is 1. The first-order chi connectivity index (χ1) is 9.49. The van der Waals surface area contributed by atoms with Crippen LogP contribution in [0.1, 0.15) is 49.1 Å². The second-order valence-electron chi connectivity index (χ2n) is 5.66. The van der Waals surface area contributed by atoms with Crippen LogP contribution >= 0.6 is 0 Å². The quantitative estimate of drug-likeness (QED) is 0.844. The number of alkyl halides is 3. The number of aryl methyl sites for hydroxylation is 1. The summed E-state index contributed by atoms with van der Waals surface area (Å²) in [4.78, 5) is 0. The SMILES string of the molecule is CNC(CCC(F)(F)F)CC1CCCc2ccccc21. The minimum atomic E-state index is -4.06. The second kappa shape index (κ2) is 6.61. The van der Waals surface area contributed by atoms with Crippen molar-refractivity contribution in [3.63, 3.8) is 0 Å². The van der Waals surface area contributed by atoms with Crippen molar-refractivity contribution in [2.24, 2.45) is 0 Å². The minimum absolute atomic E-state index is 0.0622. The number of hydrogen-bond acceptors (Lipinski definition) is 1. The Labute approximate surface area is 118 Å². The summed E-state index contributed by atoms with van der Waals surface area (Å²) >= 11 is 0. The molecule has 0 spiro atoms. The first-order valence-electron chi connectivity index (χ1n) is 7.31. The normalized spacial score (nSPS) is 20.5. The average molecular weight is 285 g/mol. The lowest BCUT2D eigenvalue weighted by Crippen LogP contribution is -2.30. The summed E-state index contributed by atoms with van der Waals surface area (Å²) in [5, 5.41) is 3.05. The van der Waals surface area contributed by atoms with E-state index in [1.54, 1.807) is 7.05 Å². The number of benzene rings is 1. The molecule has 2 rings (SSSR count). The molecule has 1 aromatic rings. The molecule has 0 aromatic heterocycles. The molecule has 2 unspecified atom stereocenters. The zero-order valence-corrected chi connectivity index (χ0v) is 11.8. The molecule has 20 heavy (non-hydrogen) atoms. The van der Waals surface area contributed by atoms with E-state index in [9.17, 15) is 13.2 Å². The Morgan fingerprint density at radius 3 is 2.75 bits per heavy atom. The molecule has 0 amide bonds. The number of rotatable bonds is 5. The predicted molar refractivity (Wildman–Crippen MR) is 74.9 cm³/mol. The molecular weight excluding hydrogens is 263 g/mol. The molecule has 0 saturated carbocycles. The fourth-order valence-electron chi connectivity index (χ4n) is 3.16. The van der Waals surface area contributed by atoms with Gasteiger partial charge >= 0.3 is 6.18 Å². The van der Waals surface area contributed by atoms with Crippen molar-refractivity contribution < 1.29 is 13.2 Å². The maximum Gasteiger partial charge on any atom is 0.389 e. The highest BCUT2D eigenvalue weighted by molar-refractivity contribution is 5.32. The van der Waals surface area contributed by atoms with E-state index >= 15 is 0 Å². The summed E-state index contributed by atoms with van der Waals surface area (Å²) in [5.41, 5.74) is 2.71. The third kappa shape index (κ3) is 4.23. The highest BCUT2D eigenvalue weighted by atomic mass is 19.4. The lowest BCUT2D eigenvalue weighted by atomic mass is 9.79. The fourth-order valence-corrected chi connectivity index (χ4v) is 3.16. The minimum Gasteiger partial charge on any atom is -0.317 e. The molecule has 1 aromatic carbocycles. The third-order valence-electron chi connectivity index (χ3n) is 4.25. The Morgan fingerprint density at radius 2 is 2.05 bits per heavy atom. The van der Waals surface area contributed by atoms with Gasteiger partial charge in [-0.15, -0.1) is 0 Å². The van der Waals surface area contributed by atoms with E-state index in [-0.39, 0.29) is 12.5 Å². The summed E-state index contributed by atoms with van der Waals surface area (Å²) in [6.07, 6.45) is -0.479. The van der Waals surface area contributed by atoms with E-state index in [0.717, 1.165) is 25.7 Å². The van der Waals surface area contributed by atoms with E-state index in [1.807, 2.05) is 12.1 Å². The van der Waals surface area contributed by atoms with E-state index in [2.05, 4.69) is 17.4 Å². The van der Waals surface area contributed by atoms with Crippen LogP contribution in [-0.4, -0.2) is 19.3 Å². The highest BCUT2D eigenvalue weighted by Gasteiger charge is 2.29. The van der Waals surface area contributed by atoms with E-state index < -0.39 is 12.6 Å². The van der Waals surface area contributed by atoms with Gasteiger partial charge in [-0.2, -0.15) is 13.2 Å². The number of halogens is 3. The van der Waals surface area contributed by atoms with Crippen LogP contribution in [0.2, 0.25) is 0 Å². The highest BCUT2D eigenvalue weighted by Crippen LogP contribution is 2.35. The molecule has 112 valence electrons. The van der Waals surface area contributed by atoms with Gasteiger partial charge in [0.05, 0.1) is 0 Å². The van der Waals surface area contributed by atoms with Crippen molar-refractivity contribution in [3.05, 3.63) is 35.4 Å².